The van der Waals surface area contributed by atoms with Gasteiger partial charge in [0, 0.05) is 23.4 Å². The van der Waals surface area contributed by atoms with Crippen LogP contribution in [-0.4, -0.2) is 19.2 Å². The Bertz CT molecular complexity index is 868. The first-order chi connectivity index (χ1) is 15.0. The normalized spacial score (nSPS) is 11.1. The minimum atomic E-state index is -0.278. The number of fused-ring (bicyclic) bond motifs is 1. The molecular weight excluding hydrogens is 392 g/mol. The third-order valence-electron chi connectivity index (χ3n) is 5.79. The molecule has 1 heterocycles. The molecule has 0 aliphatic rings. The molecule has 1 aromatic carbocycles. The van der Waals surface area contributed by atoms with E-state index in [0.717, 1.165) is 36.0 Å². The number of unbranched alkanes of at least 4 members (excludes halogenated alkanes) is 9. The van der Waals surface area contributed by atoms with Crippen LogP contribution < -0.4 is 10.4 Å². The van der Waals surface area contributed by atoms with Crippen LogP contribution in [0.2, 0.25) is 0 Å². The topological polar surface area (TPSA) is 65.7 Å². The first-order valence-corrected chi connectivity index (χ1v) is 11.9. The first kappa shape index (κ1) is 25.0. The zero-order valence-corrected chi connectivity index (χ0v) is 19.5. The maximum Gasteiger partial charge on any atom is 0.339 e. The molecule has 0 aliphatic heterocycles. The number of carbonyl (C=O) groups is 1. The summed E-state index contributed by atoms with van der Waals surface area (Å²) >= 11 is 0. The molecule has 0 aliphatic carbocycles. The van der Waals surface area contributed by atoms with E-state index in [2.05, 4.69) is 0 Å². The van der Waals surface area contributed by atoms with Gasteiger partial charge < -0.3 is 13.9 Å². The third kappa shape index (κ3) is 8.76. The summed E-state index contributed by atoms with van der Waals surface area (Å²) in [5, 5.41) is 0.962. The fraction of sp³-hybridized carbons (Fsp3) is 0.615. The summed E-state index contributed by atoms with van der Waals surface area (Å²) in [6.07, 6.45) is 12.4. The number of rotatable bonds is 15. The Kier molecular flexibility index (Phi) is 11.2. The Morgan fingerprint density at radius 2 is 1.42 bits per heavy atom. The molecule has 2 aromatic rings. The molecule has 0 spiro atoms. The molecule has 0 unspecified atom stereocenters. The number of esters is 1. The van der Waals surface area contributed by atoms with E-state index in [1.165, 1.54) is 44.9 Å². The van der Waals surface area contributed by atoms with Gasteiger partial charge in [-0.05, 0) is 44.4 Å². The van der Waals surface area contributed by atoms with Gasteiger partial charge in [-0.1, -0.05) is 58.3 Å². The lowest BCUT2D eigenvalue weighted by Gasteiger charge is -2.09. The van der Waals surface area contributed by atoms with E-state index in [0.29, 0.717) is 30.8 Å². The summed E-state index contributed by atoms with van der Waals surface area (Å²) in [4.78, 5) is 22.9. The Morgan fingerprint density at radius 1 is 0.839 bits per heavy atom. The largest absolute Gasteiger partial charge is 0.493 e. The van der Waals surface area contributed by atoms with Crippen LogP contribution in [0.1, 0.15) is 88.7 Å². The zero-order chi connectivity index (χ0) is 22.5. The molecule has 0 atom stereocenters. The fourth-order valence-corrected chi connectivity index (χ4v) is 3.61. The van der Waals surface area contributed by atoms with E-state index in [4.69, 9.17) is 13.9 Å². The lowest BCUT2D eigenvalue weighted by Crippen LogP contribution is -2.05. The zero-order valence-electron chi connectivity index (χ0n) is 19.5. The van der Waals surface area contributed by atoms with Gasteiger partial charge in [0.2, 0.25) is 0 Å². The second-order valence-corrected chi connectivity index (χ2v) is 8.26. The third-order valence-corrected chi connectivity index (χ3v) is 5.79. The molecule has 5 nitrogen and oxygen atoms in total. The minimum absolute atomic E-state index is 0.0961. The number of benzene rings is 1. The van der Waals surface area contributed by atoms with Crippen molar-refractivity contribution in [2.24, 2.45) is 0 Å². The van der Waals surface area contributed by atoms with Crippen molar-refractivity contribution in [3.63, 3.8) is 0 Å². The van der Waals surface area contributed by atoms with Gasteiger partial charge in [0.05, 0.1) is 13.2 Å². The molecule has 5 heteroatoms. The van der Waals surface area contributed by atoms with Crippen molar-refractivity contribution >= 4 is 16.9 Å². The Hall–Kier alpha value is -2.30. The monoisotopic (exact) mass is 430 g/mol. The summed E-state index contributed by atoms with van der Waals surface area (Å²) in [7, 11) is 0. The molecule has 0 saturated heterocycles. The highest BCUT2D eigenvalue weighted by atomic mass is 16.5. The SMILES string of the molecule is CCC(=O)OCCCCCCCCCCCCOc1ccc2c(C)c(C)c(=O)oc2c1. The van der Waals surface area contributed by atoms with Crippen molar-refractivity contribution in [2.45, 2.75) is 91.4 Å². The Balaban J connectivity index is 1.48. The Labute approximate surface area is 186 Å². The van der Waals surface area contributed by atoms with Crippen LogP contribution in [0.5, 0.6) is 5.75 Å². The molecule has 0 amide bonds. The molecule has 2 rings (SSSR count). The molecule has 31 heavy (non-hydrogen) atoms. The van der Waals surface area contributed by atoms with Gasteiger partial charge in [-0.25, -0.2) is 4.79 Å². The van der Waals surface area contributed by atoms with Gasteiger partial charge in [-0.15, -0.1) is 0 Å². The van der Waals surface area contributed by atoms with Crippen LogP contribution in [0.15, 0.2) is 27.4 Å². The average Bonchev–Trinajstić information content (AvgIpc) is 2.77. The predicted octanol–water partition coefficient (Wildman–Crippen LogP) is 6.64. The second-order valence-electron chi connectivity index (χ2n) is 8.26. The molecule has 0 N–H and O–H groups in total. The summed E-state index contributed by atoms with van der Waals surface area (Å²) in [5.41, 5.74) is 1.94. The van der Waals surface area contributed by atoms with E-state index >= 15 is 0 Å². The number of hydrogen-bond donors (Lipinski definition) is 0. The quantitative estimate of drug-likeness (QED) is 0.180. The number of ether oxygens (including phenoxy) is 2. The van der Waals surface area contributed by atoms with Crippen LogP contribution in [0.4, 0.5) is 0 Å². The van der Waals surface area contributed by atoms with Crippen LogP contribution in [0, 0.1) is 13.8 Å². The van der Waals surface area contributed by atoms with E-state index in [1.807, 2.05) is 32.0 Å². The smallest absolute Gasteiger partial charge is 0.339 e. The summed E-state index contributed by atoms with van der Waals surface area (Å²) in [6, 6.07) is 5.73. The van der Waals surface area contributed by atoms with E-state index in [1.54, 1.807) is 6.92 Å². The summed E-state index contributed by atoms with van der Waals surface area (Å²) < 4.78 is 16.3. The second kappa shape index (κ2) is 13.9. The molecule has 0 radical (unpaired) electrons. The highest BCUT2D eigenvalue weighted by molar-refractivity contribution is 5.82. The molecule has 0 saturated carbocycles. The van der Waals surface area contributed by atoms with Crippen molar-refractivity contribution < 1.29 is 18.7 Å². The average molecular weight is 431 g/mol. The Morgan fingerprint density at radius 3 is 2.03 bits per heavy atom. The highest BCUT2D eigenvalue weighted by Crippen LogP contribution is 2.24. The van der Waals surface area contributed by atoms with Crippen LogP contribution in [0.3, 0.4) is 0 Å². The van der Waals surface area contributed by atoms with E-state index in [-0.39, 0.29) is 11.6 Å². The lowest BCUT2D eigenvalue weighted by molar-refractivity contribution is -0.143. The number of carbonyl (C=O) groups excluding carboxylic acids is 1. The number of aryl methyl sites for hydroxylation is 1. The van der Waals surface area contributed by atoms with Crippen molar-refractivity contribution in [3.8, 4) is 5.75 Å². The van der Waals surface area contributed by atoms with Crippen molar-refractivity contribution in [1.29, 1.82) is 0 Å². The van der Waals surface area contributed by atoms with Crippen molar-refractivity contribution in [3.05, 3.63) is 39.7 Å². The van der Waals surface area contributed by atoms with Gasteiger partial charge in [0.25, 0.3) is 0 Å². The van der Waals surface area contributed by atoms with Crippen molar-refractivity contribution in [2.75, 3.05) is 13.2 Å². The van der Waals surface area contributed by atoms with Gasteiger partial charge >= 0.3 is 11.6 Å². The first-order valence-electron chi connectivity index (χ1n) is 11.9. The van der Waals surface area contributed by atoms with Crippen LogP contribution in [-0.2, 0) is 9.53 Å². The standard InChI is InChI=1S/C26H38O5/c1-4-25(27)30-18-14-12-10-8-6-5-7-9-11-13-17-29-22-15-16-23-20(2)21(3)26(28)31-24(23)19-22/h15-16,19H,4-14,17-18H2,1-3H3. The lowest BCUT2D eigenvalue weighted by atomic mass is 10.1. The maximum atomic E-state index is 11.9. The van der Waals surface area contributed by atoms with Gasteiger partial charge in [0.15, 0.2) is 0 Å². The molecule has 1 aromatic heterocycles. The summed E-state index contributed by atoms with van der Waals surface area (Å²) in [6.45, 7) is 6.82. The molecule has 0 fully saturated rings. The van der Waals surface area contributed by atoms with Crippen molar-refractivity contribution in [1.82, 2.24) is 0 Å². The fourth-order valence-electron chi connectivity index (χ4n) is 3.61. The maximum absolute atomic E-state index is 11.9. The predicted molar refractivity (Wildman–Crippen MR) is 125 cm³/mol. The molecule has 0 bridgehead atoms. The van der Waals surface area contributed by atoms with Gasteiger partial charge in [-0.3, -0.25) is 4.79 Å². The summed E-state index contributed by atoms with van der Waals surface area (Å²) in [5.74, 6) is 0.657. The van der Waals surface area contributed by atoms with Crippen LogP contribution in [0.25, 0.3) is 11.0 Å². The minimum Gasteiger partial charge on any atom is -0.493 e. The molecule has 172 valence electrons. The number of hydrogen-bond acceptors (Lipinski definition) is 5. The van der Waals surface area contributed by atoms with Crippen LogP contribution >= 0.6 is 0 Å². The van der Waals surface area contributed by atoms with E-state index < -0.39 is 0 Å². The van der Waals surface area contributed by atoms with E-state index in [9.17, 15) is 9.59 Å². The van der Waals surface area contributed by atoms with Gasteiger partial charge in [-0.2, -0.15) is 0 Å². The van der Waals surface area contributed by atoms with Gasteiger partial charge in [0.1, 0.15) is 11.3 Å². The highest BCUT2D eigenvalue weighted by Gasteiger charge is 2.08. The molecular formula is C26H38O5.